The third-order valence-corrected chi connectivity index (χ3v) is 11.2. The van der Waals surface area contributed by atoms with Crippen molar-refractivity contribution in [3.8, 4) is 0 Å². The number of aromatic amines is 1. The number of H-pyrrole nitrogens is 1. The Kier molecular flexibility index (Phi) is 10.5. The molecule has 4 bridgehead atoms. The summed E-state index contributed by atoms with van der Waals surface area (Å²) in [6.07, 6.45) is -2.12. The van der Waals surface area contributed by atoms with Gasteiger partial charge in [-0.25, -0.2) is 0 Å². The van der Waals surface area contributed by atoms with Crippen LogP contribution in [0.5, 0.6) is 0 Å². The second-order valence-electron chi connectivity index (χ2n) is 15.4. The Labute approximate surface area is 321 Å². The number of fused-ring (bicyclic) bond motifs is 1. The van der Waals surface area contributed by atoms with Gasteiger partial charge >= 0.3 is 24.2 Å². The molecule has 1 aromatic heterocycles. The fourth-order valence-corrected chi connectivity index (χ4v) is 9.16. The SMILES string of the molecule is O=C(NCC(C(=O)Nc1cc(NC(=O)C(F)(F)F)cc(NC(=O)C(F)(F)F)c1)c1ccccc1)c1cc2cc[nH]c2cc1C(=O)NCC12CC3CC(CC(C3)C1)C2. The van der Waals surface area contributed by atoms with Gasteiger partial charge in [-0.2, -0.15) is 26.3 Å². The summed E-state index contributed by atoms with van der Waals surface area (Å²) in [5, 5.41) is 11.9. The molecule has 4 saturated carbocycles. The van der Waals surface area contributed by atoms with Crippen LogP contribution in [0.2, 0.25) is 0 Å². The van der Waals surface area contributed by atoms with E-state index in [1.54, 1.807) is 54.7 Å². The molecule has 4 fully saturated rings. The molecule has 11 nitrogen and oxygen atoms in total. The summed E-state index contributed by atoms with van der Waals surface area (Å²) < 4.78 is 78.1. The third kappa shape index (κ3) is 8.92. The standard InChI is InChI=1S/C40H38F6N6O5/c41-39(42,43)36(56)51-27-12-26(13-28(14-27)52-37(57)40(44,45)46)50-35(55)31(24-4-2-1-3-5-24)19-48-33(53)29-11-25-6-7-47-32(25)15-30(29)34(54)49-20-38-16-21-8-22(17-38)10-23(9-21)18-38/h1-7,11-15,21-23,31,47H,8-10,16-20H2,(H,48,53)(H,49,54)(H,50,55)(H,51,56)(H,52,57). The molecule has 0 aliphatic heterocycles. The van der Waals surface area contributed by atoms with Gasteiger partial charge in [0.25, 0.3) is 11.8 Å². The van der Waals surface area contributed by atoms with Gasteiger partial charge in [0.05, 0.1) is 17.0 Å². The van der Waals surface area contributed by atoms with E-state index in [-0.39, 0.29) is 28.8 Å². The summed E-state index contributed by atoms with van der Waals surface area (Å²) in [5.41, 5.74) is -0.550. The van der Waals surface area contributed by atoms with Crippen LogP contribution >= 0.6 is 0 Å². The van der Waals surface area contributed by atoms with E-state index in [1.165, 1.54) is 29.9 Å². The van der Waals surface area contributed by atoms with Crippen LogP contribution in [0.3, 0.4) is 0 Å². The molecule has 0 spiro atoms. The second kappa shape index (κ2) is 15.2. The highest BCUT2D eigenvalue weighted by Gasteiger charge is 2.51. The highest BCUT2D eigenvalue weighted by Crippen LogP contribution is 2.59. The van der Waals surface area contributed by atoms with Crippen molar-refractivity contribution in [2.75, 3.05) is 29.0 Å². The third-order valence-electron chi connectivity index (χ3n) is 11.2. The fraction of sp³-hybridized carbons (Fsp3) is 0.375. The topological polar surface area (TPSA) is 161 Å². The van der Waals surface area contributed by atoms with Crippen LogP contribution in [0.4, 0.5) is 43.4 Å². The van der Waals surface area contributed by atoms with Crippen LogP contribution in [-0.4, -0.2) is 60.0 Å². The Hall–Kier alpha value is -5.87. The number of anilines is 3. The van der Waals surface area contributed by atoms with Crippen LogP contribution in [0.15, 0.2) is 72.9 Å². The highest BCUT2D eigenvalue weighted by atomic mass is 19.4. The molecule has 4 aliphatic rings. The lowest BCUT2D eigenvalue weighted by molar-refractivity contribution is -0.167. The summed E-state index contributed by atoms with van der Waals surface area (Å²) in [7, 11) is 0. The quantitative estimate of drug-likeness (QED) is 0.0880. The minimum atomic E-state index is -5.37. The lowest BCUT2D eigenvalue weighted by Gasteiger charge is -2.56. The summed E-state index contributed by atoms with van der Waals surface area (Å²) in [4.78, 5) is 68.0. The summed E-state index contributed by atoms with van der Waals surface area (Å²) in [6, 6.07) is 15.3. The Morgan fingerprint density at radius 3 is 1.72 bits per heavy atom. The zero-order valence-electron chi connectivity index (χ0n) is 30.2. The second-order valence-corrected chi connectivity index (χ2v) is 15.4. The monoisotopic (exact) mass is 796 g/mol. The molecule has 1 atom stereocenters. The average Bonchev–Trinajstić information content (AvgIpc) is 3.60. The van der Waals surface area contributed by atoms with E-state index >= 15 is 0 Å². The molecule has 3 aromatic carbocycles. The summed E-state index contributed by atoms with van der Waals surface area (Å²) in [6.45, 7) is 0.133. The van der Waals surface area contributed by atoms with Crippen molar-refractivity contribution in [2.45, 2.75) is 56.8 Å². The zero-order valence-corrected chi connectivity index (χ0v) is 30.2. The van der Waals surface area contributed by atoms with Crippen molar-refractivity contribution in [1.82, 2.24) is 15.6 Å². The smallest absolute Gasteiger partial charge is 0.361 e. The molecule has 0 radical (unpaired) electrons. The molecule has 300 valence electrons. The molecular formula is C40H38F6N6O5. The van der Waals surface area contributed by atoms with E-state index in [9.17, 15) is 50.3 Å². The molecule has 17 heteroatoms. The van der Waals surface area contributed by atoms with E-state index in [1.807, 2.05) is 0 Å². The first kappa shape index (κ1) is 39.4. The summed E-state index contributed by atoms with van der Waals surface area (Å²) >= 11 is 0. The highest BCUT2D eigenvalue weighted by molar-refractivity contribution is 6.10. The minimum absolute atomic E-state index is 0.0355. The Morgan fingerprint density at radius 1 is 0.667 bits per heavy atom. The van der Waals surface area contributed by atoms with Crippen LogP contribution in [0.1, 0.15) is 70.7 Å². The molecule has 5 amide bonds. The number of carbonyl (C=O) groups excluding carboxylic acids is 5. The van der Waals surface area contributed by atoms with Gasteiger partial charge < -0.3 is 31.6 Å². The largest absolute Gasteiger partial charge is 0.471 e. The van der Waals surface area contributed by atoms with Gasteiger partial charge in [-0.15, -0.1) is 0 Å². The maximum atomic E-state index is 13.9. The first-order valence-electron chi connectivity index (χ1n) is 18.4. The molecule has 4 aromatic rings. The van der Waals surface area contributed by atoms with Crippen molar-refractivity contribution in [1.29, 1.82) is 0 Å². The van der Waals surface area contributed by atoms with E-state index in [0.29, 0.717) is 46.8 Å². The maximum absolute atomic E-state index is 13.9. The van der Waals surface area contributed by atoms with Crippen LogP contribution in [0, 0.1) is 23.2 Å². The minimum Gasteiger partial charge on any atom is -0.361 e. The lowest BCUT2D eigenvalue weighted by Crippen LogP contribution is -2.51. The number of alkyl halides is 6. The van der Waals surface area contributed by atoms with Crippen molar-refractivity contribution in [3.05, 3.63) is 89.6 Å². The van der Waals surface area contributed by atoms with Crippen molar-refractivity contribution >= 4 is 57.5 Å². The van der Waals surface area contributed by atoms with Gasteiger partial charge in [0, 0.05) is 47.3 Å². The molecule has 8 rings (SSSR count). The molecular weight excluding hydrogens is 758 g/mol. The number of benzene rings is 3. The first-order chi connectivity index (χ1) is 26.9. The number of halogens is 6. The van der Waals surface area contributed by atoms with E-state index in [0.717, 1.165) is 31.4 Å². The zero-order chi connectivity index (χ0) is 40.7. The number of hydrogen-bond donors (Lipinski definition) is 6. The first-order valence-corrected chi connectivity index (χ1v) is 18.4. The number of nitrogens with one attached hydrogen (secondary N) is 6. The predicted octanol–water partition coefficient (Wildman–Crippen LogP) is 7.27. The number of carbonyl (C=O) groups is 5. The van der Waals surface area contributed by atoms with Gasteiger partial charge in [-0.3, -0.25) is 24.0 Å². The van der Waals surface area contributed by atoms with E-state index in [4.69, 9.17) is 0 Å². The fourth-order valence-electron chi connectivity index (χ4n) is 9.16. The predicted molar refractivity (Wildman–Crippen MR) is 197 cm³/mol. The van der Waals surface area contributed by atoms with Gasteiger partial charge in [0.15, 0.2) is 0 Å². The lowest BCUT2D eigenvalue weighted by atomic mass is 9.49. The summed E-state index contributed by atoms with van der Waals surface area (Å²) in [5.74, 6) is -6.03. The van der Waals surface area contributed by atoms with E-state index < -0.39 is 59.2 Å². The van der Waals surface area contributed by atoms with Crippen LogP contribution in [0.25, 0.3) is 10.9 Å². The Balaban J connectivity index is 1.11. The Bertz CT molecular complexity index is 2140. The number of amides is 5. The average molecular weight is 797 g/mol. The number of aromatic nitrogens is 1. The number of hydrogen-bond acceptors (Lipinski definition) is 5. The van der Waals surface area contributed by atoms with E-state index in [2.05, 4.69) is 20.9 Å². The van der Waals surface area contributed by atoms with Crippen molar-refractivity contribution < 1.29 is 50.3 Å². The van der Waals surface area contributed by atoms with Crippen LogP contribution in [-0.2, 0) is 14.4 Å². The molecule has 4 aliphatic carbocycles. The molecule has 57 heavy (non-hydrogen) atoms. The van der Waals surface area contributed by atoms with Gasteiger partial charge in [-0.1, -0.05) is 30.3 Å². The van der Waals surface area contributed by atoms with Crippen molar-refractivity contribution in [3.63, 3.8) is 0 Å². The van der Waals surface area contributed by atoms with Crippen molar-refractivity contribution in [2.24, 2.45) is 23.2 Å². The maximum Gasteiger partial charge on any atom is 0.471 e. The Morgan fingerprint density at radius 2 is 1.18 bits per heavy atom. The molecule has 6 N–H and O–H groups in total. The number of rotatable bonds is 11. The molecule has 1 unspecified atom stereocenters. The molecule has 0 saturated heterocycles. The van der Waals surface area contributed by atoms with Gasteiger partial charge in [-0.05, 0) is 104 Å². The van der Waals surface area contributed by atoms with Crippen LogP contribution < -0.4 is 26.6 Å². The van der Waals surface area contributed by atoms with Gasteiger partial charge in [0.1, 0.15) is 0 Å². The molecule has 1 heterocycles. The van der Waals surface area contributed by atoms with Gasteiger partial charge in [0.2, 0.25) is 5.91 Å². The normalized spacial score (nSPS) is 21.8.